The first kappa shape index (κ1) is 10.0. The fourth-order valence-corrected chi connectivity index (χ4v) is 2.11. The Labute approximate surface area is 89.7 Å². The highest BCUT2D eigenvalue weighted by Crippen LogP contribution is 2.31. The van der Waals surface area contributed by atoms with E-state index in [-0.39, 0.29) is 12.0 Å². The largest absolute Gasteiger partial charge is 0.467 e. The highest BCUT2D eigenvalue weighted by atomic mass is 16.5. The van der Waals surface area contributed by atoms with Gasteiger partial charge in [0.25, 0.3) is 0 Å². The van der Waals surface area contributed by atoms with Crippen LogP contribution in [-0.2, 0) is 16.0 Å². The van der Waals surface area contributed by atoms with Crippen molar-refractivity contribution in [2.45, 2.75) is 19.4 Å². The van der Waals surface area contributed by atoms with Gasteiger partial charge in [-0.1, -0.05) is 17.7 Å². The van der Waals surface area contributed by atoms with E-state index < -0.39 is 0 Å². The molecule has 1 aliphatic heterocycles. The molecule has 0 aromatic heterocycles. The van der Waals surface area contributed by atoms with Crippen LogP contribution in [0.25, 0.3) is 0 Å². The van der Waals surface area contributed by atoms with Gasteiger partial charge in [0.1, 0.15) is 6.04 Å². The van der Waals surface area contributed by atoms with E-state index in [9.17, 15) is 4.79 Å². The number of carbonyl (C=O) groups is 1. The van der Waals surface area contributed by atoms with Crippen molar-refractivity contribution >= 4 is 11.7 Å². The summed E-state index contributed by atoms with van der Waals surface area (Å²) in [5.74, 6) is -0.161. The topological polar surface area (TPSA) is 29.5 Å². The summed E-state index contributed by atoms with van der Waals surface area (Å²) in [6.07, 6.45) is 0.750. The molecule has 0 fully saturated rings. The van der Waals surface area contributed by atoms with Gasteiger partial charge in [0.2, 0.25) is 0 Å². The Morgan fingerprint density at radius 3 is 2.93 bits per heavy atom. The maximum atomic E-state index is 11.5. The minimum Gasteiger partial charge on any atom is -0.467 e. The molecule has 1 aromatic rings. The first-order chi connectivity index (χ1) is 7.13. The molecule has 0 N–H and O–H groups in total. The molecule has 0 amide bonds. The Morgan fingerprint density at radius 1 is 1.53 bits per heavy atom. The molecule has 3 heteroatoms. The van der Waals surface area contributed by atoms with Gasteiger partial charge in [0, 0.05) is 19.2 Å². The average Bonchev–Trinajstić information content (AvgIpc) is 2.54. The monoisotopic (exact) mass is 205 g/mol. The molecule has 0 aliphatic carbocycles. The van der Waals surface area contributed by atoms with Crippen molar-refractivity contribution in [3.05, 3.63) is 29.3 Å². The van der Waals surface area contributed by atoms with Crippen LogP contribution < -0.4 is 4.90 Å². The minimum atomic E-state index is -0.161. The minimum absolute atomic E-state index is 0.160. The maximum Gasteiger partial charge on any atom is 0.328 e. The number of methoxy groups -OCH3 is 1. The van der Waals surface area contributed by atoms with Crippen LogP contribution in [0.2, 0.25) is 0 Å². The molecular weight excluding hydrogens is 190 g/mol. The summed E-state index contributed by atoms with van der Waals surface area (Å²) >= 11 is 0. The van der Waals surface area contributed by atoms with Gasteiger partial charge < -0.3 is 9.64 Å². The summed E-state index contributed by atoms with van der Waals surface area (Å²) in [5.41, 5.74) is 3.59. The number of fused-ring (bicyclic) bond motifs is 1. The SMILES string of the molecule is COC(=O)C1Cc2cc(C)ccc2N1C. The van der Waals surface area contributed by atoms with E-state index in [1.54, 1.807) is 0 Å². The van der Waals surface area contributed by atoms with Gasteiger partial charge in [0.15, 0.2) is 0 Å². The number of carbonyl (C=O) groups excluding carboxylic acids is 1. The molecule has 1 heterocycles. The molecule has 3 nitrogen and oxygen atoms in total. The predicted molar refractivity (Wildman–Crippen MR) is 59.1 cm³/mol. The molecule has 80 valence electrons. The zero-order chi connectivity index (χ0) is 11.0. The predicted octanol–water partition coefficient (Wildman–Crippen LogP) is 1.53. The van der Waals surface area contributed by atoms with Crippen molar-refractivity contribution in [2.24, 2.45) is 0 Å². The first-order valence-electron chi connectivity index (χ1n) is 5.03. The van der Waals surface area contributed by atoms with Crippen LogP contribution in [0.15, 0.2) is 18.2 Å². The Morgan fingerprint density at radius 2 is 2.27 bits per heavy atom. The number of benzene rings is 1. The van der Waals surface area contributed by atoms with Crippen LogP contribution in [-0.4, -0.2) is 26.2 Å². The molecule has 1 atom stereocenters. The molecule has 2 rings (SSSR count). The quantitative estimate of drug-likeness (QED) is 0.651. The second kappa shape index (κ2) is 3.57. The summed E-state index contributed by atoms with van der Waals surface area (Å²) in [5, 5.41) is 0. The maximum absolute atomic E-state index is 11.5. The third-order valence-corrected chi connectivity index (χ3v) is 2.97. The fraction of sp³-hybridized carbons (Fsp3) is 0.417. The molecule has 15 heavy (non-hydrogen) atoms. The highest BCUT2D eigenvalue weighted by molar-refractivity contribution is 5.83. The Kier molecular flexibility index (Phi) is 2.39. The number of esters is 1. The number of aryl methyl sites for hydroxylation is 1. The van der Waals surface area contributed by atoms with Crippen LogP contribution in [0.1, 0.15) is 11.1 Å². The Hall–Kier alpha value is -1.51. The molecule has 0 radical (unpaired) electrons. The van der Waals surface area contributed by atoms with Gasteiger partial charge in [-0.05, 0) is 18.6 Å². The summed E-state index contributed by atoms with van der Waals surface area (Å²) in [7, 11) is 3.37. The number of nitrogens with zero attached hydrogens (tertiary/aromatic N) is 1. The lowest BCUT2D eigenvalue weighted by Crippen LogP contribution is -2.36. The number of likely N-dealkylation sites (N-methyl/N-ethyl adjacent to an activating group) is 1. The summed E-state index contributed by atoms with van der Waals surface area (Å²) in [6, 6.07) is 6.10. The van der Waals surface area contributed by atoms with E-state index in [2.05, 4.69) is 25.1 Å². The van der Waals surface area contributed by atoms with Crippen LogP contribution >= 0.6 is 0 Å². The number of hydrogen-bond donors (Lipinski definition) is 0. The van der Waals surface area contributed by atoms with Crippen LogP contribution in [0.5, 0.6) is 0 Å². The van der Waals surface area contributed by atoms with E-state index in [1.165, 1.54) is 18.2 Å². The molecule has 0 saturated carbocycles. The van der Waals surface area contributed by atoms with Gasteiger partial charge in [-0.2, -0.15) is 0 Å². The van der Waals surface area contributed by atoms with E-state index in [4.69, 9.17) is 4.74 Å². The summed E-state index contributed by atoms with van der Waals surface area (Å²) in [6.45, 7) is 2.06. The van der Waals surface area contributed by atoms with Gasteiger partial charge in [-0.25, -0.2) is 4.79 Å². The molecular formula is C12H15NO2. The number of hydrogen-bond acceptors (Lipinski definition) is 3. The molecule has 1 unspecified atom stereocenters. The second-order valence-corrected chi connectivity index (χ2v) is 3.99. The Balaban J connectivity index is 2.32. The lowest BCUT2D eigenvalue weighted by molar-refractivity contribution is -0.141. The summed E-state index contributed by atoms with van der Waals surface area (Å²) in [4.78, 5) is 13.5. The van der Waals surface area contributed by atoms with Crippen molar-refractivity contribution in [2.75, 3.05) is 19.1 Å². The van der Waals surface area contributed by atoms with Crippen molar-refractivity contribution in [3.63, 3.8) is 0 Å². The molecule has 1 aromatic carbocycles. The molecule has 0 saturated heterocycles. The molecule has 0 spiro atoms. The second-order valence-electron chi connectivity index (χ2n) is 3.99. The number of rotatable bonds is 1. The number of anilines is 1. The standard InChI is InChI=1S/C12H15NO2/c1-8-4-5-10-9(6-8)7-11(13(10)2)12(14)15-3/h4-6,11H,7H2,1-3H3. The van der Waals surface area contributed by atoms with Crippen LogP contribution in [0.4, 0.5) is 5.69 Å². The number of ether oxygens (including phenoxy) is 1. The van der Waals surface area contributed by atoms with Crippen LogP contribution in [0, 0.1) is 6.92 Å². The highest BCUT2D eigenvalue weighted by Gasteiger charge is 2.32. The zero-order valence-electron chi connectivity index (χ0n) is 9.28. The zero-order valence-corrected chi connectivity index (χ0v) is 9.28. The van der Waals surface area contributed by atoms with Gasteiger partial charge in [0.05, 0.1) is 7.11 Å². The van der Waals surface area contributed by atoms with Gasteiger partial charge >= 0.3 is 5.97 Å². The fourth-order valence-electron chi connectivity index (χ4n) is 2.11. The van der Waals surface area contributed by atoms with E-state index in [0.29, 0.717) is 0 Å². The van der Waals surface area contributed by atoms with E-state index in [0.717, 1.165) is 12.1 Å². The lowest BCUT2D eigenvalue weighted by atomic mass is 10.1. The van der Waals surface area contributed by atoms with Crippen LogP contribution in [0.3, 0.4) is 0 Å². The normalized spacial score (nSPS) is 18.9. The molecule has 1 aliphatic rings. The smallest absolute Gasteiger partial charge is 0.328 e. The first-order valence-corrected chi connectivity index (χ1v) is 5.03. The van der Waals surface area contributed by atoms with Gasteiger partial charge in [-0.15, -0.1) is 0 Å². The van der Waals surface area contributed by atoms with Crippen molar-refractivity contribution in [1.29, 1.82) is 0 Å². The van der Waals surface area contributed by atoms with E-state index in [1.807, 2.05) is 11.9 Å². The van der Waals surface area contributed by atoms with Crippen molar-refractivity contribution in [1.82, 2.24) is 0 Å². The summed E-state index contributed by atoms with van der Waals surface area (Å²) < 4.78 is 4.79. The third-order valence-electron chi connectivity index (χ3n) is 2.97. The van der Waals surface area contributed by atoms with Gasteiger partial charge in [-0.3, -0.25) is 0 Å². The average molecular weight is 205 g/mol. The molecule has 0 bridgehead atoms. The Bertz CT molecular complexity index is 401. The lowest BCUT2D eigenvalue weighted by Gasteiger charge is -2.19. The van der Waals surface area contributed by atoms with Crippen molar-refractivity contribution in [3.8, 4) is 0 Å². The van der Waals surface area contributed by atoms with Crippen molar-refractivity contribution < 1.29 is 9.53 Å². The van der Waals surface area contributed by atoms with E-state index >= 15 is 0 Å². The third kappa shape index (κ3) is 1.58.